The minimum atomic E-state index is -1.14. The van der Waals surface area contributed by atoms with Gasteiger partial charge in [0.2, 0.25) is 17.7 Å². The molecule has 0 aliphatic carbocycles. The lowest BCUT2D eigenvalue weighted by Gasteiger charge is -2.24. The van der Waals surface area contributed by atoms with Crippen molar-refractivity contribution >= 4 is 23.7 Å². The fourth-order valence-electron chi connectivity index (χ4n) is 2.97. The molecule has 0 fully saturated rings. The Morgan fingerprint density at radius 1 is 1.19 bits per heavy atom. The highest BCUT2D eigenvalue weighted by Gasteiger charge is 2.29. The first-order chi connectivity index (χ1) is 15.2. The van der Waals surface area contributed by atoms with Gasteiger partial charge in [-0.05, 0) is 31.7 Å². The van der Waals surface area contributed by atoms with Gasteiger partial charge in [-0.3, -0.25) is 14.4 Å². The number of nitrogens with zero attached hydrogens (tertiary/aromatic N) is 1. The maximum atomic E-state index is 12.7. The smallest absolute Gasteiger partial charge is 0.326 e. The summed E-state index contributed by atoms with van der Waals surface area (Å²) in [4.78, 5) is 55.4. The SMILES string of the molecule is CCC(C)C(NC(=O)C(CCCCN)NC(=O)CNC(=O)C(N)Cc1cnc[nH]1)C(=O)O. The molecule has 12 heteroatoms. The normalized spacial score (nSPS) is 14.6. The number of amides is 3. The van der Waals surface area contributed by atoms with E-state index in [0.29, 0.717) is 31.5 Å². The molecule has 0 aliphatic heterocycles. The van der Waals surface area contributed by atoms with Crippen LogP contribution in [0.5, 0.6) is 0 Å². The molecule has 12 nitrogen and oxygen atoms in total. The first-order valence-corrected chi connectivity index (χ1v) is 10.7. The molecule has 0 aromatic carbocycles. The summed E-state index contributed by atoms with van der Waals surface area (Å²) in [6.45, 7) is 3.61. The van der Waals surface area contributed by atoms with Crippen molar-refractivity contribution in [2.24, 2.45) is 17.4 Å². The number of H-pyrrole nitrogens is 1. The Labute approximate surface area is 187 Å². The molecule has 1 heterocycles. The molecular weight excluding hydrogens is 418 g/mol. The molecule has 0 saturated carbocycles. The van der Waals surface area contributed by atoms with Gasteiger partial charge in [-0.15, -0.1) is 0 Å². The fraction of sp³-hybridized carbons (Fsp3) is 0.650. The first-order valence-electron chi connectivity index (χ1n) is 10.7. The molecule has 32 heavy (non-hydrogen) atoms. The lowest BCUT2D eigenvalue weighted by molar-refractivity contribution is -0.143. The Bertz CT molecular complexity index is 741. The zero-order chi connectivity index (χ0) is 24.1. The molecule has 4 atom stereocenters. The van der Waals surface area contributed by atoms with Crippen LogP contribution in [0.15, 0.2) is 12.5 Å². The summed E-state index contributed by atoms with van der Waals surface area (Å²) < 4.78 is 0. The monoisotopic (exact) mass is 453 g/mol. The Kier molecular flexibility index (Phi) is 12.0. The number of nitrogens with one attached hydrogen (secondary N) is 4. The summed E-state index contributed by atoms with van der Waals surface area (Å²) in [5, 5.41) is 16.9. The number of aromatic nitrogens is 2. The van der Waals surface area contributed by atoms with Crippen LogP contribution < -0.4 is 27.4 Å². The van der Waals surface area contributed by atoms with Crippen molar-refractivity contribution in [3.05, 3.63) is 18.2 Å². The van der Waals surface area contributed by atoms with E-state index in [1.165, 1.54) is 6.33 Å². The van der Waals surface area contributed by atoms with Crippen molar-refractivity contribution in [3.63, 3.8) is 0 Å². The van der Waals surface area contributed by atoms with Gasteiger partial charge in [-0.2, -0.15) is 0 Å². The summed E-state index contributed by atoms with van der Waals surface area (Å²) in [5.41, 5.74) is 12.0. The number of carbonyl (C=O) groups excluding carboxylic acids is 3. The van der Waals surface area contributed by atoms with Crippen LogP contribution >= 0.6 is 0 Å². The second kappa shape index (κ2) is 14.1. The number of hydrogen-bond acceptors (Lipinski definition) is 7. The van der Waals surface area contributed by atoms with Crippen LogP contribution in [0, 0.1) is 5.92 Å². The first kappa shape index (κ1) is 27.0. The van der Waals surface area contributed by atoms with E-state index >= 15 is 0 Å². The number of unbranched alkanes of at least 4 members (excludes halogenated alkanes) is 1. The van der Waals surface area contributed by atoms with Crippen LogP contribution in [0.25, 0.3) is 0 Å². The molecule has 1 rings (SSSR count). The molecule has 0 spiro atoms. The Morgan fingerprint density at radius 2 is 1.91 bits per heavy atom. The van der Waals surface area contributed by atoms with Gasteiger partial charge < -0.3 is 37.5 Å². The lowest BCUT2D eigenvalue weighted by Crippen LogP contribution is -2.55. The maximum absolute atomic E-state index is 12.7. The zero-order valence-electron chi connectivity index (χ0n) is 18.6. The summed E-state index contributed by atoms with van der Waals surface area (Å²) in [6, 6.07) is -2.89. The van der Waals surface area contributed by atoms with Crippen molar-refractivity contribution in [1.29, 1.82) is 0 Å². The third kappa shape index (κ3) is 9.43. The van der Waals surface area contributed by atoms with Crippen LogP contribution in [-0.2, 0) is 25.6 Å². The molecule has 180 valence electrons. The highest BCUT2D eigenvalue weighted by Crippen LogP contribution is 2.09. The quantitative estimate of drug-likeness (QED) is 0.157. The van der Waals surface area contributed by atoms with Crippen molar-refractivity contribution in [2.45, 2.75) is 64.1 Å². The molecule has 1 aromatic rings. The summed E-state index contributed by atoms with van der Waals surface area (Å²) in [5.74, 6) is -3.13. The average molecular weight is 454 g/mol. The largest absolute Gasteiger partial charge is 0.480 e. The number of nitrogens with two attached hydrogens (primary N) is 2. The molecule has 4 unspecified atom stereocenters. The standard InChI is InChI=1S/C20H35N7O5/c1-3-12(2)17(20(31)32)27-19(30)15(6-4-5-7-21)26-16(28)10-24-18(29)14(22)8-13-9-23-11-25-13/h9,11-12,14-15,17H,3-8,10,21-22H2,1-2H3,(H,23,25)(H,24,29)(H,26,28)(H,27,30)(H,31,32). The molecule has 0 aliphatic rings. The Hall–Kier alpha value is -2.99. The molecule has 3 amide bonds. The van der Waals surface area contributed by atoms with Crippen LogP contribution in [0.2, 0.25) is 0 Å². The van der Waals surface area contributed by atoms with Crippen molar-refractivity contribution < 1.29 is 24.3 Å². The van der Waals surface area contributed by atoms with Gasteiger partial charge >= 0.3 is 5.97 Å². The van der Waals surface area contributed by atoms with Gasteiger partial charge in [0.25, 0.3) is 0 Å². The minimum Gasteiger partial charge on any atom is -0.480 e. The summed E-state index contributed by atoms with van der Waals surface area (Å²) >= 11 is 0. The average Bonchev–Trinajstić information content (AvgIpc) is 3.27. The van der Waals surface area contributed by atoms with E-state index in [-0.39, 0.29) is 25.3 Å². The maximum Gasteiger partial charge on any atom is 0.326 e. The number of aromatic amines is 1. The third-order valence-electron chi connectivity index (χ3n) is 5.13. The van der Waals surface area contributed by atoms with E-state index in [0.717, 1.165) is 0 Å². The zero-order valence-corrected chi connectivity index (χ0v) is 18.6. The molecule has 0 radical (unpaired) electrons. The van der Waals surface area contributed by atoms with E-state index in [2.05, 4.69) is 25.9 Å². The number of hydrogen-bond donors (Lipinski definition) is 7. The van der Waals surface area contributed by atoms with Crippen LogP contribution in [0.3, 0.4) is 0 Å². The highest BCUT2D eigenvalue weighted by molar-refractivity contribution is 5.92. The lowest BCUT2D eigenvalue weighted by atomic mass is 9.98. The van der Waals surface area contributed by atoms with E-state index in [9.17, 15) is 24.3 Å². The second-order valence-corrected chi connectivity index (χ2v) is 7.72. The van der Waals surface area contributed by atoms with Crippen molar-refractivity contribution in [2.75, 3.05) is 13.1 Å². The Balaban J connectivity index is 2.65. The minimum absolute atomic E-state index is 0.226. The van der Waals surface area contributed by atoms with Gasteiger partial charge in [0.15, 0.2) is 0 Å². The second-order valence-electron chi connectivity index (χ2n) is 7.72. The fourth-order valence-corrected chi connectivity index (χ4v) is 2.97. The number of carboxylic acids is 1. The van der Waals surface area contributed by atoms with Crippen molar-refractivity contribution in [3.8, 4) is 0 Å². The molecule has 0 saturated heterocycles. The predicted molar refractivity (Wildman–Crippen MR) is 117 cm³/mol. The third-order valence-corrected chi connectivity index (χ3v) is 5.13. The topological polar surface area (TPSA) is 205 Å². The summed E-state index contributed by atoms with van der Waals surface area (Å²) in [7, 11) is 0. The Morgan fingerprint density at radius 3 is 2.47 bits per heavy atom. The van der Waals surface area contributed by atoms with E-state index in [1.54, 1.807) is 13.1 Å². The number of carboxylic acid groups (broad SMARTS) is 1. The predicted octanol–water partition coefficient (Wildman–Crippen LogP) is -1.37. The molecule has 1 aromatic heterocycles. The van der Waals surface area contributed by atoms with E-state index in [1.807, 2.05) is 6.92 Å². The van der Waals surface area contributed by atoms with Gasteiger partial charge in [-0.25, -0.2) is 9.78 Å². The van der Waals surface area contributed by atoms with Gasteiger partial charge in [0.1, 0.15) is 12.1 Å². The van der Waals surface area contributed by atoms with Crippen LogP contribution in [0.1, 0.15) is 45.2 Å². The van der Waals surface area contributed by atoms with Gasteiger partial charge in [0.05, 0.1) is 18.9 Å². The number of aliphatic carboxylic acids is 1. The van der Waals surface area contributed by atoms with Crippen molar-refractivity contribution in [1.82, 2.24) is 25.9 Å². The van der Waals surface area contributed by atoms with Crippen LogP contribution in [0.4, 0.5) is 0 Å². The van der Waals surface area contributed by atoms with Gasteiger partial charge in [0, 0.05) is 18.3 Å². The highest BCUT2D eigenvalue weighted by atomic mass is 16.4. The summed E-state index contributed by atoms with van der Waals surface area (Å²) in [6.07, 6.45) is 5.31. The molecule has 0 bridgehead atoms. The molecule has 9 N–H and O–H groups in total. The van der Waals surface area contributed by atoms with E-state index in [4.69, 9.17) is 11.5 Å². The number of carbonyl (C=O) groups is 4. The van der Waals surface area contributed by atoms with Crippen LogP contribution in [-0.4, -0.2) is 70.0 Å². The van der Waals surface area contributed by atoms with E-state index < -0.39 is 41.8 Å². The number of rotatable bonds is 15. The number of imidazole rings is 1. The van der Waals surface area contributed by atoms with Gasteiger partial charge in [-0.1, -0.05) is 20.3 Å². The molecular formula is C20H35N7O5.